The molecule has 2 saturated heterocycles. The summed E-state index contributed by atoms with van der Waals surface area (Å²) in [5.41, 5.74) is -0.219. The molecule has 27 heavy (non-hydrogen) atoms. The number of carbonyl (C=O) groups excluding carboxylic acids is 2. The minimum absolute atomic E-state index is 0.0306. The highest BCUT2D eigenvalue weighted by atomic mass is 19.1. The molecule has 2 aromatic rings. The standard InChI is InChI=1S/C18H19FN4O4/c19-13-4-2-1-3-12(13)17-21-15(27-22-17)5-6-16(25)23-8-7-18(11-23)10-20-14(24)9-26-18/h1-4H,5-11H2,(H,20,24). The van der Waals surface area contributed by atoms with E-state index in [2.05, 4.69) is 15.5 Å². The molecule has 1 unspecified atom stereocenters. The van der Waals surface area contributed by atoms with Crippen LogP contribution < -0.4 is 5.32 Å². The van der Waals surface area contributed by atoms with Crippen LogP contribution in [-0.2, 0) is 20.7 Å². The highest BCUT2D eigenvalue weighted by Crippen LogP contribution is 2.27. The molecule has 4 rings (SSSR count). The normalized spacial score (nSPS) is 22.3. The quantitative estimate of drug-likeness (QED) is 0.855. The van der Waals surface area contributed by atoms with Crippen molar-refractivity contribution in [3.05, 3.63) is 36.0 Å². The number of nitrogens with zero attached hydrogens (tertiary/aromatic N) is 3. The van der Waals surface area contributed by atoms with Crippen molar-refractivity contribution in [2.45, 2.75) is 24.9 Å². The number of aryl methyl sites for hydroxylation is 1. The molecular formula is C18H19FN4O4. The van der Waals surface area contributed by atoms with Crippen LogP contribution in [0.15, 0.2) is 28.8 Å². The van der Waals surface area contributed by atoms with E-state index in [-0.39, 0.29) is 48.5 Å². The van der Waals surface area contributed by atoms with Crippen LogP contribution in [0.4, 0.5) is 4.39 Å². The second-order valence-corrected chi connectivity index (χ2v) is 6.81. The molecule has 142 valence electrons. The van der Waals surface area contributed by atoms with E-state index in [0.29, 0.717) is 26.1 Å². The van der Waals surface area contributed by atoms with E-state index < -0.39 is 11.4 Å². The Balaban J connectivity index is 1.33. The van der Waals surface area contributed by atoms with Crippen molar-refractivity contribution < 1.29 is 23.2 Å². The number of amides is 2. The Bertz CT molecular complexity index is 859. The number of carbonyl (C=O) groups is 2. The number of halogens is 1. The van der Waals surface area contributed by atoms with E-state index in [4.69, 9.17) is 9.26 Å². The minimum atomic E-state index is -0.480. The molecule has 1 N–H and O–H groups in total. The fourth-order valence-electron chi connectivity index (χ4n) is 3.38. The van der Waals surface area contributed by atoms with Gasteiger partial charge < -0.3 is 19.5 Å². The maximum absolute atomic E-state index is 13.8. The van der Waals surface area contributed by atoms with Crippen molar-refractivity contribution >= 4 is 11.8 Å². The number of likely N-dealkylation sites (tertiary alicyclic amines) is 1. The fourth-order valence-corrected chi connectivity index (χ4v) is 3.38. The van der Waals surface area contributed by atoms with Gasteiger partial charge in [-0.15, -0.1) is 0 Å². The first-order valence-corrected chi connectivity index (χ1v) is 8.81. The van der Waals surface area contributed by atoms with Gasteiger partial charge in [0.05, 0.1) is 12.1 Å². The van der Waals surface area contributed by atoms with Gasteiger partial charge in [-0.3, -0.25) is 9.59 Å². The molecule has 0 aliphatic carbocycles. The molecule has 1 atom stereocenters. The van der Waals surface area contributed by atoms with Gasteiger partial charge in [0.2, 0.25) is 23.5 Å². The number of nitrogens with one attached hydrogen (secondary N) is 1. The SMILES string of the molecule is O=C1COC2(CCN(C(=O)CCc3nc(-c4ccccc4F)no3)C2)CN1. The van der Waals surface area contributed by atoms with Crippen LogP contribution in [-0.4, -0.2) is 58.7 Å². The van der Waals surface area contributed by atoms with Crippen molar-refractivity contribution in [1.82, 2.24) is 20.4 Å². The average Bonchev–Trinajstić information content (AvgIpc) is 3.31. The molecule has 1 aromatic heterocycles. The summed E-state index contributed by atoms with van der Waals surface area (Å²) in [5, 5.41) is 6.58. The predicted octanol–water partition coefficient (Wildman–Crippen LogP) is 0.926. The lowest BCUT2D eigenvalue weighted by atomic mass is 10.0. The summed E-state index contributed by atoms with van der Waals surface area (Å²) in [4.78, 5) is 29.6. The van der Waals surface area contributed by atoms with E-state index in [0.717, 1.165) is 0 Å². The van der Waals surface area contributed by atoms with Crippen molar-refractivity contribution in [2.24, 2.45) is 0 Å². The molecule has 1 aromatic carbocycles. The number of rotatable bonds is 4. The van der Waals surface area contributed by atoms with E-state index in [1.165, 1.54) is 6.07 Å². The summed E-state index contributed by atoms with van der Waals surface area (Å²) in [6.07, 6.45) is 1.18. The minimum Gasteiger partial charge on any atom is -0.361 e. The molecule has 0 bridgehead atoms. The first kappa shape index (κ1) is 17.6. The molecule has 2 amide bonds. The molecule has 2 fully saturated rings. The molecule has 1 spiro atoms. The molecule has 2 aliphatic heterocycles. The van der Waals surface area contributed by atoms with E-state index >= 15 is 0 Å². The van der Waals surface area contributed by atoms with Crippen molar-refractivity contribution in [1.29, 1.82) is 0 Å². The second-order valence-electron chi connectivity index (χ2n) is 6.81. The third-order valence-corrected chi connectivity index (χ3v) is 4.92. The lowest BCUT2D eigenvalue weighted by molar-refractivity contribution is -0.143. The van der Waals surface area contributed by atoms with Gasteiger partial charge in [0.15, 0.2) is 0 Å². The molecule has 0 saturated carbocycles. The van der Waals surface area contributed by atoms with Crippen molar-refractivity contribution in [2.75, 3.05) is 26.2 Å². The van der Waals surface area contributed by atoms with Crippen LogP contribution in [0, 0.1) is 5.82 Å². The van der Waals surface area contributed by atoms with Gasteiger partial charge in [-0.05, 0) is 18.6 Å². The van der Waals surface area contributed by atoms with Crippen molar-refractivity contribution in [3.63, 3.8) is 0 Å². The molecule has 8 nitrogen and oxygen atoms in total. The Morgan fingerprint density at radius 1 is 1.37 bits per heavy atom. The Hall–Kier alpha value is -2.81. The van der Waals surface area contributed by atoms with Crippen LogP contribution in [0.1, 0.15) is 18.7 Å². The van der Waals surface area contributed by atoms with Gasteiger partial charge in [-0.2, -0.15) is 4.98 Å². The highest BCUT2D eigenvalue weighted by Gasteiger charge is 2.43. The first-order valence-electron chi connectivity index (χ1n) is 8.81. The maximum Gasteiger partial charge on any atom is 0.246 e. The third kappa shape index (κ3) is 3.68. The maximum atomic E-state index is 13.8. The zero-order chi connectivity index (χ0) is 18.9. The van der Waals surface area contributed by atoms with Crippen LogP contribution in [0.5, 0.6) is 0 Å². The Kier molecular flexibility index (Phi) is 4.61. The third-order valence-electron chi connectivity index (χ3n) is 4.92. The summed E-state index contributed by atoms with van der Waals surface area (Å²) in [6.45, 7) is 1.49. The number of benzene rings is 1. The van der Waals surface area contributed by atoms with Gasteiger partial charge >= 0.3 is 0 Å². The fraction of sp³-hybridized carbons (Fsp3) is 0.444. The summed E-state index contributed by atoms with van der Waals surface area (Å²) in [6, 6.07) is 6.18. The molecule has 3 heterocycles. The summed E-state index contributed by atoms with van der Waals surface area (Å²) in [5.74, 6) is -0.146. The van der Waals surface area contributed by atoms with Gasteiger partial charge in [0, 0.05) is 25.9 Å². The first-order chi connectivity index (χ1) is 13.0. The van der Waals surface area contributed by atoms with Gasteiger partial charge in [-0.1, -0.05) is 17.3 Å². The van der Waals surface area contributed by atoms with Crippen LogP contribution >= 0.6 is 0 Å². The van der Waals surface area contributed by atoms with Gasteiger partial charge in [0.25, 0.3) is 0 Å². The zero-order valence-electron chi connectivity index (χ0n) is 14.6. The Morgan fingerprint density at radius 3 is 3.00 bits per heavy atom. The van der Waals surface area contributed by atoms with Crippen LogP contribution in [0.2, 0.25) is 0 Å². The zero-order valence-corrected chi connectivity index (χ0v) is 14.6. The highest BCUT2D eigenvalue weighted by molar-refractivity contribution is 5.79. The molecular weight excluding hydrogens is 355 g/mol. The number of morpholine rings is 1. The molecule has 9 heteroatoms. The largest absolute Gasteiger partial charge is 0.361 e. The number of hydrogen-bond donors (Lipinski definition) is 1. The van der Waals surface area contributed by atoms with E-state index in [1.54, 1.807) is 23.1 Å². The summed E-state index contributed by atoms with van der Waals surface area (Å²) in [7, 11) is 0. The number of hydrogen-bond acceptors (Lipinski definition) is 6. The monoisotopic (exact) mass is 374 g/mol. The molecule has 2 aliphatic rings. The second kappa shape index (κ2) is 7.07. The smallest absolute Gasteiger partial charge is 0.246 e. The van der Waals surface area contributed by atoms with Crippen LogP contribution in [0.3, 0.4) is 0 Å². The van der Waals surface area contributed by atoms with E-state index in [1.807, 2.05) is 0 Å². The van der Waals surface area contributed by atoms with Crippen molar-refractivity contribution in [3.8, 4) is 11.4 Å². The van der Waals surface area contributed by atoms with Gasteiger partial charge in [-0.25, -0.2) is 4.39 Å². The number of ether oxygens (including phenoxy) is 1. The Morgan fingerprint density at radius 2 is 2.22 bits per heavy atom. The van der Waals surface area contributed by atoms with Gasteiger partial charge in [0.1, 0.15) is 18.0 Å². The summed E-state index contributed by atoms with van der Waals surface area (Å²) >= 11 is 0. The summed E-state index contributed by atoms with van der Waals surface area (Å²) < 4.78 is 24.6. The lowest BCUT2D eigenvalue weighted by Crippen LogP contribution is -2.54. The van der Waals surface area contributed by atoms with Crippen LogP contribution in [0.25, 0.3) is 11.4 Å². The lowest BCUT2D eigenvalue weighted by Gasteiger charge is -2.33. The Labute approximate surface area is 154 Å². The predicted molar refractivity (Wildman–Crippen MR) is 90.9 cm³/mol. The average molecular weight is 374 g/mol. The number of aromatic nitrogens is 2. The molecule has 0 radical (unpaired) electrons. The van der Waals surface area contributed by atoms with E-state index in [9.17, 15) is 14.0 Å². The topological polar surface area (TPSA) is 97.6 Å².